The molecule has 13 heavy (non-hydrogen) atoms. The summed E-state index contributed by atoms with van der Waals surface area (Å²) in [6.07, 6.45) is 5.44. The number of aliphatic hydroxyl groups is 1. The summed E-state index contributed by atoms with van der Waals surface area (Å²) in [6.45, 7) is 7.29. The second kappa shape index (κ2) is 2.73. The zero-order valence-corrected chi connectivity index (χ0v) is 9.14. The molecule has 3 atom stereocenters. The van der Waals surface area contributed by atoms with Crippen molar-refractivity contribution in [3.63, 3.8) is 0 Å². The lowest BCUT2D eigenvalue weighted by atomic mass is 9.59. The fourth-order valence-corrected chi connectivity index (χ4v) is 3.79. The van der Waals surface area contributed by atoms with Gasteiger partial charge in [-0.15, -0.1) is 0 Å². The van der Waals surface area contributed by atoms with Crippen molar-refractivity contribution in [2.45, 2.75) is 46.5 Å². The van der Waals surface area contributed by atoms with E-state index in [0.29, 0.717) is 6.61 Å². The molecular weight excluding hydrogens is 160 g/mol. The van der Waals surface area contributed by atoms with E-state index < -0.39 is 0 Å². The van der Waals surface area contributed by atoms with Gasteiger partial charge >= 0.3 is 0 Å². The van der Waals surface area contributed by atoms with Crippen LogP contribution in [0.2, 0.25) is 0 Å². The first-order valence-corrected chi connectivity index (χ1v) is 5.60. The van der Waals surface area contributed by atoms with Crippen molar-refractivity contribution in [1.29, 1.82) is 0 Å². The molecule has 0 aromatic heterocycles. The SMILES string of the molecule is CC(C)(C)C1(CO)CC2CCC1C2. The zero-order chi connectivity index (χ0) is 9.69. The smallest absolute Gasteiger partial charge is 0.0495 e. The molecule has 2 aliphatic carbocycles. The van der Waals surface area contributed by atoms with Gasteiger partial charge in [0, 0.05) is 12.0 Å². The number of rotatable bonds is 1. The van der Waals surface area contributed by atoms with Crippen molar-refractivity contribution in [3.05, 3.63) is 0 Å². The maximum Gasteiger partial charge on any atom is 0.0495 e. The van der Waals surface area contributed by atoms with Crippen LogP contribution in [0.1, 0.15) is 46.5 Å². The van der Waals surface area contributed by atoms with E-state index in [1.165, 1.54) is 25.7 Å². The van der Waals surface area contributed by atoms with Crippen LogP contribution in [0.25, 0.3) is 0 Å². The fraction of sp³-hybridized carbons (Fsp3) is 1.00. The minimum Gasteiger partial charge on any atom is -0.396 e. The van der Waals surface area contributed by atoms with Crippen LogP contribution >= 0.6 is 0 Å². The van der Waals surface area contributed by atoms with Gasteiger partial charge in [-0.25, -0.2) is 0 Å². The molecule has 0 aliphatic heterocycles. The van der Waals surface area contributed by atoms with Gasteiger partial charge in [0.25, 0.3) is 0 Å². The van der Waals surface area contributed by atoms with E-state index in [-0.39, 0.29) is 10.8 Å². The molecule has 0 aromatic rings. The van der Waals surface area contributed by atoms with Crippen molar-refractivity contribution in [2.24, 2.45) is 22.7 Å². The summed E-state index contributed by atoms with van der Waals surface area (Å²) in [7, 11) is 0. The molecule has 1 N–H and O–H groups in total. The first-order valence-electron chi connectivity index (χ1n) is 5.60. The third-order valence-electron chi connectivity index (χ3n) is 4.75. The lowest BCUT2D eigenvalue weighted by Gasteiger charge is -2.47. The molecule has 2 bridgehead atoms. The van der Waals surface area contributed by atoms with Crippen LogP contribution in [0, 0.1) is 22.7 Å². The van der Waals surface area contributed by atoms with Gasteiger partial charge in [0.15, 0.2) is 0 Å². The normalized spacial score (nSPS) is 44.3. The van der Waals surface area contributed by atoms with Crippen molar-refractivity contribution in [3.8, 4) is 0 Å². The summed E-state index contributed by atoms with van der Waals surface area (Å²) in [5.41, 5.74) is 0.525. The first-order chi connectivity index (χ1) is 5.99. The summed E-state index contributed by atoms with van der Waals surface area (Å²) in [5.74, 6) is 1.74. The third kappa shape index (κ3) is 1.16. The Morgan fingerprint density at radius 1 is 1.31 bits per heavy atom. The minimum atomic E-state index is 0.246. The van der Waals surface area contributed by atoms with Gasteiger partial charge < -0.3 is 5.11 Å². The predicted octanol–water partition coefficient (Wildman–Crippen LogP) is 2.83. The van der Waals surface area contributed by atoms with Gasteiger partial charge in [0.05, 0.1) is 0 Å². The monoisotopic (exact) mass is 182 g/mol. The third-order valence-corrected chi connectivity index (χ3v) is 4.75. The van der Waals surface area contributed by atoms with Crippen molar-refractivity contribution in [2.75, 3.05) is 6.61 Å². The van der Waals surface area contributed by atoms with Crippen LogP contribution < -0.4 is 0 Å². The second-order valence-electron chi connectivity index (χ2n) is 6.14. The number of fused-ring (bicyclic) bond motifs is 2. The van der Waals surface area contributed by atoms with E-state index in [0.717, 1.165) is 11.8 Å². The molecule has 0 aromatic carbocycles. The van der Waals surface area contributed by atoms with E-state index >= 15 is 0 Å². The van der Waals surface area contributed by atoms with Crippen molar-refractivity contribution in [1.82, 2.24) is 0 Å². The average molecular weight is 182 g/mol. The van der Waals surface area contributed by atoms with E-state index in [1.807, 2.05) is 0 Å². The molecule has 2 rings (SSSR count). The van der Waals surface area contributed by atoms with Gasteiger partial charge in [-0.1, -0.05) is 27.2 Å². The number of hydrogen-bond donors (Lipinski definition) is 1. The lowest BCUT2D eigenvalue weighted by Crippen LogP contribution is -2.43. The van der Waals surface area contributed by atoms with Crippen LogP contribution in [0.5, 0.6) is 0 Å². The summed E-state index contributed by atoms with van der Waals surface area (Å²) in [5, 5.41) is 9.67. The van der Waals surface area contributed by atoms with Crippen LogP contribution in [0.4, 0.5) is 0 Å². The highest BCUT2D eigenvalue weighted by Crippen LogP contribution is 2.62. The molecule has 3 unspecified atom stereocenters. The average Bonchev–Trinajstić information content (AvgIpc) is 2.60. The molecule has 2 fully saturated rings. The van der Waals surface area contributed by atoms with Crippen LogP contribution in [-0.2, 0) is 0 Å². The summed E-state index contributed by atoms with van der Waals surface area (Å²) < 4.78 is 0. The van der Waals surface area contributed by atoms with Crippen LogP contribution in [0.3, 0.4) is 0 Å². The second-order valence-corrected chi connectivity index (χ2v) is 6.14. The highest BCUT2D eigenvalue weighted by atomic mass is 16.3. The van der Waals surface area contributed by atoms with Gasteiger partial charge in [-0.2, -0.15) is 0 Å². The Labute approximate surface area is 81.5 Å². The fourth-order valence-electron chi connectivity index (χ4n) is 3.79. The van der Waals surface area contributed by atoms with E-state index in [1.54, 1.807) is 0 Å². The molecule has 0 amide bonds. The molecule has 0 spiro atoms. The quantitative estimate of drug-likeness (QED) is 0.661. The molecule has 2 aliphatic rings. The topological polar surface area (TPSA) is 20.2 Å². The predicted molar refractivity (Wildman–Crippen MR) is 54.4 cm³/mol. The first kappa shape index (κ1) is 9.51. The number of aliphatic hydroxyl groups excluding tert-OH is 1. The maximum absolute atomic E-state index is 9.67. The molecule has 1 nitrogen and oxygen atoms in total. The highest BCUT2D eigenvalue weighted by molar-refractivity contribution is 5.05. The molecule has 0 heterocycles. The van der Waals surface area contributed by atoms with Gasteiger partial charge in [0.2, 0.25) is 0 Å². The molecule has 0 radical (unpaired) electrons. The largest absolute Gasteiger partial charge is 0.396 e. The van der Waals surface area contributed by atoms with Crippen molar-refractivity contribution < 1.29 is 5.11 Å². The van der Waals surface area contributed by atoms with E-state index in [2.05, 4.69) is 20.8 Å². The number of hydrogen-bond acceptors (Lipinski definition) is 1. The Morgan fingerprint density at radius 2 is 2.00 bits per heavy atom. The van der Waals surface area contributed by atoms with Crippen molar-refractivity contribution >= 4 is 0 Å². The molecule has 76 valence electrons. The Bertz CT molecular complexity index is 204. The minimum absolute atomic E-state index is 0.246. The van der Waals surface area contributed by atoms with Gasteiger partial charge in [0.1, 0.15) is 0 Å². The zero-order valence-electron chi connectivity index (χ0n) is 9.14. The van der Waals surface area contributed by atoms with Gasteiger partial charge in [-0.3, -0.25) is 0 Å². The molecule has 0 saturated heterocycles. The van der Waals surface area contributed by atoms with Crippen LogP contribution in [0.15, 0.2) is 0 Å². The summed E-state index contributed by atoms with van der Waals surface area (Å²) in [6, 6.07) is 0. The van der Waals surface area contributed by atoms with E-state index in [4.69, 9.17) is 0 Å². The standard InChI is InChI=1S/C12H22O/c1-11(2,3)12(8-13)7-9-4-5-10(12)6-9/h9-10,13H,4-8H2,1-3H3. The van der Waals surface area contributed by atoms with E-state index in [9.17, 15) is 5.11 Å². The maximum atomic E-state index is 9.67. The Kier molecular flexibility index (Phi) is 1.99. The molecule has 1 heteroatoms. The van der Waals surface area contributed by atoms with Crippen LogP contribution in [-0.4, -0.2) is 11.7 Å². The lowest BCUT2D eigenvalue weighted by molar-refractivity contribution is -0.0336. The Hall–Kier alpha value is -0.0400. The Morgan fingerprint density at radius 3 is 2.23 bits per heavy atom. The molecule has 2 saturated carbocycles. The molecular formula is C12H22O. The summed E-state index contributed by atoms with van der Waals surface area (Å²) in [4.78, 5) is 0. The summed E-state index contributed by atoms with van der Waals surface area (Å²) >= 11 is 0. The van der Waals surface area contributed by atoms with Gasteiger partial charge in [-0.05, 0) is 36.5 Å². The Balaban J connectivity index is 2.27. The highest BCUT2D eigenvalue weighted by Gasteiger charge is 2.55.